The number of piperidine rings is 1. The van der Waals surface area contributed by atoms with Crippen LogP contribution in [0.1, 0.15) is 30.0 Å². The molecule has 1 N–H and O–H groups in total. The summed E-state index contributed by atoms with van der Waals surface area (Å²) in [6.07, 6.45) is -3.58. The summed E-state index contributed by atoms with van der Waals surface area (Å²) in [6.45, 7) is 1.45. The van der Waals surface area contributed by atoms with Gasteiger partial charge in [0.05, 0.1) is 33.0 Å². The van der Waals surface area contributed by atoms with Crippen LogP contribution in [-0.2, 0) is 16.4 Å². The highest BCUT2D eigenvalue weighted by Gasteiger charge is 2.36. The zero-order valence-electron chi connectivity index (χ0n) is 21.6. The van der Waals surface area contributed by atoms with Crippen molar-refractivity contribution in [3.05, 3.63) is 75.9 Å². The fraction of sp³-hybridized carbons (Fsp3) is 0.241. The quantitative estimate of drug-likeness (QED) is 0.204. The Labute approximate surface area is 231 Å². The number of halogens is 4. The second-order valence-electron chi connectivity index (χ2n) is 10.3. The molecular formula is C29H22F4N4O3S. The predicted molar refractivity (Wildman–Crippen MR) is 147 cm³/mol. The lowest BCUT2D eigenvalue weighted by Crippen LogP contribution is -2.32. The van der Waals surface area contributed by atoms with E-state index < -0.39 is 32.3 Å². The van der Waals surface area contributed by atoms with Crippen molar-refractivity contribution in [3.8, 4) is 17.2 Å². The highest BCUT2D eigenvalue weighted by Crippen LogP contribution is 2.42. The van der Waals surface area contributed by atoms with Gasteiger partial charge in [0.2, 0.25) is 0 Å². The molecule has 0 saturated carbocycles. The fourth-order valence-corrected chi connectivity index (χ4v) is 6.32. The largest absolute Gasteiger partial charge is 0.417 e. The summed E-state index contributed by atoms with van der Waals surface area (Å²) in [5.41, 5.74) is -0.756. The van der Waals surface area contributed by atoms with E-state index in [2.05, 4.69) is 16.0 Å². The van der Waals surface area contributed by atoms with Crippen molar-refractivity contribution in [3.63, 3.8) is 0 Å². The molecule has 7 nitrogen and oxygen atoms in total. The van der Waals surface area contributed by atoms with Crippen molar-refractivity contribution in [2.45, 2.75) is 30.0 Å². The molecule has 0 amide bonds. The summed E-state index contributed by atoms with van der Waals surface area (Å²) in [4.78, 5) is 18.5. The molecule has 12 heteroatoms. The lowest BCUT2D eigenvalue weighted by molar-refractivity contribution is -0.137. The van der Waals surface area contributed by atoms with E-state index in [9.17, 15) is 35.5 Å². The molecule has 0 atom stereocenters. The van der Waals surface area contributed by atoms with Gasteiger partial charge in [0.25, 0.3) is 0 Å². The van der Waals surface area contributed by atoms with Gasteiger partial charge in [-0.1, -0.05) is 18.2 Å². The minimum absolute atomic E-state index is 0.146. The molecule has 6 rings (SSSR count). The number of nitriles is 1. The van der Waals surface area contributed by atoms with Gasteiger partial charge >= 0.3 is 16.4 Å². The number of aromatic nitrogens is 2. The van der Waals surface area contributed by atoms with Gasteiger partial charge in [-0.2, -0.15) is 26.9 Å². The minimum atomic E-state index is -5.18. The summed E-state index contributed by atoms with van der Waals surface area (Å²) >= 11 is 0. The first-order chi connectivity index (χ1) is 19.4. The van der Waals surface area contributed by atoms with Crippen LogP contribution in [-0.4, -0.2) is 43.0 Å². The number of alkyl halides is 3. The monoisotopic (exact) mass is 582 g/mol. The van der Waals surface area contributed by atoms with Crippen LogP contribution in [0.3, 0.4) is 0 Å². The lowest BCUT2D eigenvalue weighted by Gasteiger charge is -2.32. The molecule has 0 bridgehead atoms. The Morgan fingerprint density at radius 2 is 1.76 bits per heavy atom. The number of hydrogen-bond donors (Lipinski definition) is 1. The first-order valence-electron chi connectivity index (χ1n) is 12.8. The molecule has 1 saturated heterocycles. The highest BCUT2D eigenvalue weighted by atomic mass is 32.3. The molecule has 5 aromatic rings. The lowest BCUT2D eigenvalue weighted by atomic mass is 9.95. The van der Waals surface area contributed by atoms with Crippen LogP contribution in [0.25, 0.3) is 44.0 Å². The van der Waals surface area contributed by atoms with E-state index in [0.29, 0.717) is 35.0 Å². The first-order valence-corrected chi connectivity index (χ1v) is 14.1. The summed E-state index contributed by atoms with van der Waals surface area (Å²) in [6, 6.07) is 12.9. The van der Waals surface area contributed by atoms with Crippen molar-refractivity contribution in [1.29, 1.82) is 5.26 Å². The van der Waals surface area contributed by atoms with Crippen LogP contribution >= 0.6 is 0 Å². The van der Waals surface area contributed by atoms with Gasteiger partial charge < -0.3 is 14.5 Å². The van der Waals surface area contributed by atoms with Crippen molar-refractivity contribution in [1.82, 2.24) is 14.5 Å². The van der Waals surface area contributed by atoms with E-state index in [1.807, 2.05) is 11.6 Å². The third-order valence-corrected chi connectivity index (χ3v) is 8.62. The Balaban J connectivity index is 1.77. The number of H-pyrrole nitrogens is 1. The molecule has 210 valence electrons. The SMILES string of the molecule is CN1CCC(n2c3cc(-c4cccc(S(=O)(=O)F)c4)c(C(F)(F)F)cc3c(=O)c3c4ccc(C#N)cc4[nH]c32)CC1. The van der Waals surface area contributed by atoms with Crippen LogP contribution in [0.5, 0.6) is 0 Å². The van der Waals surface area contributed by atoms with E-state index in [1.54, 1.807) is 18.2 Å². The summed E-state index contributed by atoms with van der Waals surface area (Å²) in [7, 11) is -3.21. The highest BCUT2D eigenvalue weighted by molar-refractivity contribution is 7.86. The maximum atomic E-state index is 14.5. The molecule has 41 heavy (non-hydrogen) atoms. The van der Waals surface area contributed by atoms with E-state index in [-0.39, 0.29) is 33.5 Å². The average Bonchev–Trinajstić information content (AvgIpc) is 3.31. The first kappa shape index (κ1) is 27.0. The topological polar surface area (TPSA) is 99.0 Å². The number of nitrogens with one attached hydrogen (secondary N) is 1. The zero-order chi connectivity index (χ0) is 29.3. The third-order valence-electron chi connectivity index (χ3n) is 7.80. The smallest absolute Gasteiger partial charge is 0.340 e. The molecule has 0 unspecified atom stereocenters. The van der Waals surface area contributed by atoms with Gasteiger partial charge in [0.1, 0.15) is 5.65 Å². The molecule has 0 aliphatic carbocycles. The minimum Gasteiger partial charge on any atom is -0.340 e. The Morgan fingerprint density at radius 1 is 1.02 bits per heavy atom. The molecule has 2 aromatic heterocycles. The normalized spacial score (nSPS) is 15.6. The Kier molecular flexibility index (Phi) is 6.20. The number of benzene rings is 3. The van der Waals surface area contributed by atoms with E-state index in [1.165, 1.54) is 18.2 Å². The number of fused-ring (bicyclic) bond motifs is 4. The molecular weight excluding hydrogens is 560 g/mol. The molecule has 3 aromatic carbocycles. The van der Waals surface area contributed by atoms with Gasteiger partial charge in [0, 0.05) is 22.3 Å². The van der Waals surface area contributed by atoms with Crippen molar-refractivity contribution in [2.75, 3.05) is 20.1 Å². The van der Waals surface area contributed by atoms with Crippen molar-refractivity contribution >= 4 is 43.1 Å². The van der Waals surface area contributed by atoms with Gasteiger partial charge in [-0.05, 0) is 80.5 Å². The van der Waals surface area contributed by atoms with E-state index >= 15 is 0 Å². The maximum absolute atomic E-state index is 14.5. The number of aromatic amines is 1. The number of likely N-dealkylation sites (tertiary alicyclic amines) is 1. The maximum Gasteiger partial charge on any atom is 0.417 e. The Hall–Kier alpha value is -4.21. The molecule has 0 spiro atoms. The Bertz CT molecular complexity index is 2080. The second kappa shape index (κ2) is 9.43. The van der Waals surface area contributed by atoms with Crippen LogP contribution in [0.15, 0.2) is 64.3 Å². The van der Waals surface area contributed by atoms with E-state index in [4.69, 9.17) is 0 Å². The van der Waals surface area contributed by atoms with Gasteiger partial charge in [-0.3, -0.25) is 4.79 Å². The molecule has 0 radical (unpaired) electrons. The molecule has 1 fully saturated rings. The zero-order valence-corrected chi connectivity index (χ0v) is 22.4. The fourth-order valence-electron chi connectivity index (χ4n) is 5.81. The van der Waals surface area contributed by atoms with Crippen molar-refractivity contribution < 1.29 is 25.5 Å². The van der Waals surface area contributed by atoms with Gasteiger partial charge in [-0.15, -0.1) is 3.89 Å². The third kappa shape index (κ3) is 4.55. The van der Waals surface area contributed by atoms with Crippen LogP contribution in [0, 0.1) is 11.3 Å². The predicted octanol–water partition coefficient (Wildman–Crippen LogP) is 6.12. The number of nitrogens with zero attached hydrogens (tertiary/aromatic N) is 3. The van der Waals surface area contributed by atoms with Gasteiger partial charge in [-0.25, -0.2) is 0 Å². The molecule has 1 aliphatic rings. The number of hydrogen-bond acceptors (Lipinski definition) is 5. The molecule has 3 heterocycles. The standard InChI is InChI=1S/C29H22F4N4O3S/c1-36-9-7-18(8-10-36)37-25-14-21(17-3-2-4-19(12-17)41(33,39)40)23(29(30,31)32)13-22(25)27(38)26-20-6-5-16(15-34)11-24(20)35-28(26)37/h2-6,11-14,18,35H,7-10H2,1H3. The number of pyridine rings is 1. The average molecular weight is 583 g/mol. The van der Waals surface area contributed by atoms with Gasteiger partial charge in [0.15, 0.2) is 5.43 Å². The van der Waals surface area contributed by atoms with Crippen LogP contribution < -0.4 is 5.43 Å². The Morgan fingerprint density at radius 3 is 2.41 bits per heavy atom. The second-order valence-corrected chi connectivity index (χ2v) is 11.7. The van der Waals surface area contributed by atoms with Crippen LogP contribution in [0.4, 0.5) is 17.1 Å². The summed E-state index contributed by atoms with van der Waals surface area (Å²) in [5.74, 6) is 0. The van der Waals surface area contributed by atoms with Crippen LogP contribution in [0.2, 0.25) is 0 Å². The summed E-state index contributed by atoms with van der Waals surface area (Å²) in [5, 5.41) is 9.95. The number of rotatable bonds is 3. The summed E-state index contributed by atoms with van der Waals surface area (Å²) < 4.78 is 82.2. The van der Waals surface area contributed by atoms with E-state index in [0.717, 1.165) is 31.3 Å². The molecule has 1 aliphatic heterocycles. The van der Waals surface area contributed by atoms with Crippen molar-refractivity contribution in [2.24, 2.45) is 0 Å².